The van der Waals surface area contributed by atoms with E-state index in [1.807, 2.05) is 12.3 Å². The third kappa shape index (κ3) is 4.73. The van der Waals surface area contributed by atoms with Crippen molar-refractivity contribution in [1.82, 2.24) is 15.3 Å². The summed E-state index contributed by atoms with van der Waals surface area (Å²) in [6.07, 6.45) is 0. The van der Waals surface area contributed by atoms with Crippen LogP contribution >= 0.6 is 23.1 Å². The zero-order valence-electron chi connectivity index (χ0n) is 17.2. The lowest BCUT2D eigenvalue weighted by molar-refractivity contribution is -0.120. The van der Waals surface area contributed by atoms with Crippen molar-refractivity contribution in [2.24, 2.45) is 0 Å². The summed E-state index contributed by atoms with van der Waals surface area (Å²) in [5.74, 6) is -0.912. The van der Waals surface area contributed by atoms with Crippen LogP contribution in [0.1, 0.15) is 25.5 Å². The second kappa shape index (κ2) is 9.22. The van der Waals surface area contributed by atoms with Gasteiger partial charge >= 0.3 is 0 Å². The third-order valence-corrected chi connectivity index (χ3v) is 6.82. The van der Waals surface area contributed by atoms with Crippen LogP contribution in [-0.4, -0.2) is 21.1 Å². The summed E-state index contributed by atoms with van der Waals surface area (Å²) >= 11 is 2.46. The summed E-state index contributed by atoms with van der Waals surface area (Å²) < 4.78 is 26.3. The Morgan fingerprint density at radius 2 is 1.69 bits per heavy atom. The van der Waals surface area contributed by atoms with Gasteiger partial charge in [-0.1, -0.05) is 36.0 Å². The molecule has 0 spiro atoms. The summed E-state index contributed by atoms with van der Waals surface area (Å²) in [5, 5.41) is 4.96. The number of thioether (sulfide) groups is 1. The van der Waals surface area contributed by atoms with Crippen molar-refractivity contribution in [1.29, 1.82) is 0 Å². The predicted molar refractivity (Wildman–Crippen MR) is 124 cm³/mol. The van der Waals surface area contributed by atoms with Crippen molar-refractivity contribution in [2.45, 2.75) is 30.3 Å². The number of rotatable bonds is 6. The molecule has 0 saturated heterocycles. The first-order chi connectivity index (χ1) is 15.3. The maximum atomic E-state index is 13.2. The van der Waals surface area contributed by atoms with Gasteiger partial charge in [0, 0.05) is 10.9 Å². The summed E-state index contributed by atoms with van der Waals surface area (Å²) in [4.78, 5) is 33.2. The zero-order valence-corrected chi connectivity index (χ0v) is 18.8. The number of nitrogens with one attached hydrogen (secondary N) is 2. The Bertz CT molecular complexity index is 1320. The number of thiophene rings is 1. The Hall–Kier alpha value is -3.04. The number of H-pyrrole nitrogens is 1. The molecule has 2 N–H and O–H groups in total. The fraction of sp³-hybridized carbons (Fsp3) is 0.174. The van der Waals surface area contributed by atoms with Gasteiger partial charge in [0.2, 0.25) is 5.91 Å². The lowest BCUT2D eigenvalue weighted by Crippen LogP contribution is -2.33. The number of aromatic nitrogens is 2. The highest BCUT2D eigenvalue weighted by Crippen LogP contribution is 2.32. The van der Waals surface area contributed by atoms with Crippen LogP contribution in [0.3, 0.4) is 0 Å². The Balaban J connectivity index is 1.50. The second-order valence-corrected chi connectivity index (χ2v) is 9.44. The summed E-state index contributed by atoms with van der Waals surface area (Å²) in [6.45, 7) is 3.54. The van der Waals surface area contributed by atoms with Gasteiger partial charge < -0.3 is 10.3 Å². The molecule has 0 aliphatic rings. The van der Waals surface area contributed by atoms with Gasteiger partial charge in [0.15, 0.2) is 5.16 Å². The van der Waals surface area contributed by atoms with Crippen molar-refractivity contribution >= 4 is 39.2 Å². The molecule has 0 aliphatic carbocycles. The minimum atomic E-state index is -0.518. The summed E-state index contributed by atoms with van der Waals surface area (Å²) in [5.41, 5.74) is 1.89. The molecule has 164 valence electrons. The Morgan fingerprint density at radius 3 is 2.34 bits per heavy atom. The molecule has 0 radical (unpaired) electrons. The molecule has 32 heavy (non-hydrogen) atoms. The molecule has 2 aromatic carbocycles. The molecule has 1 amide bonds. The normalized spacial score (nSPS) is 13.1. The lowest BCUT2D eigenvalue weighted by atomic mass is 10.1. The smallest absolute Gasteiger partial charge is 0.260 e. The number of amides is 1. The van der Waals surface area contributed by atoms with E-state index in [0.717, 1.165) is 22.9 Å². The SMILES string of the molecule is CC(Sc1nc2scc(-c3ccc(F)cc3)c2c(=O)[nH]1)C(=O)NC(C)c1ccc(F)cc1. The Labute approximate surface area is 190 Å². The average molecular weight is 472 g/mol. The van der Waals surface area contributed by atoms with Gasteiger partial charge in [0.05, 0.1) is 16.7 Å². The first-order valence-electron chi connectivity index (χ1n) is 9.82. The van der Waals surface area contributed by atoms with Crippen molar-refractivity contribution in [3.8, 4) is 11.1 Å². The molecule has 0 saturated carbocycles. The molecule has 0 aliphatic heterocycles. The van der Waals surface area contributed by atoms with Crippen molar-refractivity contribution < 1.29 is 13.6 Å². The van der Waals surface area contributed by atoms with E-state index in [9.17, 15) is 18.4 Å². The standard InChI is InChI=1S/C23H19F2N3O2S2/c1-12(14-3-7-16(24)8-4-14)26-20(29)13(2)32-23-27-21(30)19-18(11-31-22(19)28-23)15-5-9-17(25)10-6-15/h3-13H,1-2H3,(H,26,29)(H,27,28,30). The Morgan fingerprint density at radius 1 is 1.06 bits per heavy atom. The van der Waals surface area contributed by atoms with Crippen molar-refractivity contribution in [3.63, 3.8) is 0 Å². The van der Waals surface area contributed by atoms with Gasteiger partial charge in [-0.2, -0.15) is 0 Å². The molecule has 2 aromatic heterocycles. The van der Waals surface area contributed by atoms with Crippen LogP contribution in [0.2, 0.25) is 0 Å². The molecule has 2 atom stereocenters. The van der Waals surface area contributed by atoms with E-state index < -0.39 is 5.25 Å². The molecule has 4 rings (SSSR count). The molecule has 0 fully saturated rings. The molecule has 4 aromatic rings. The highest BCUT2D eigenvalue weighted by atomic mass is 32.2. The highest BCUT2D eigenvalue weighted by Gasteiger charge is 2.20. The molecule has 9 heteroatoms. The van der Waals surface area contributed by atoms with E-state index in [4.69, 9.17) is 0 Å². The number of halogens is 2. The quantitative estimate of drug-likeness (QED) is 0.296. The zero-order chi connectivity index (χ0) is 22.8. The maximum absolute atomic E-state index is 13.2. The molecular weight excluding hydrogens is 452 g/mol. The number of fused-ring (bicyclic) bond motifs is 1. The van der Waals surface area contributed by atoms with Crippen LogP contribution in [0.4, 0.5) is 8.78 Å². The number of hydrogen-bond acceptors (Lipinski definition) is 5. The topological polar surface area (TPSA) is 74.8 Å². The van der Waals surface area contributed by atoms with Gasteiger partial charge in [-0.05, 0) is 49.2 Å². The predicted octanol–water partition coefficient (Wildman–Crippen LogP) is 5.29. The van der Waals surface area contributed by atoms with E-state index >= 15 is 0 Å². The van der Waals surface area contributed by atoms with Gasteiger partial charge in [-0.15, -0.1) is 11.3 Å². The number of hydrogen-bond donors (Lipinski definition) is 2. The molecule has 0 bridgehead atoms. The van der Waals surface area contributed by atoms with Crippen molar-refractivity contribution in [3.05, 3.63) is 81.5 Å². The van der Waals surface area contributed by atoms with Crippen LogP contribution in [0.5, 0.6) is 0 Å². The number of carbonyl (C=O) groups excluding carboxylic acids is 1. The van der Waals surface area contributed by atoms with E-state index in [1.165, 1.54) is 35.6 Å². The molecule has 5 nitrogen and oxygen atoms in total. The number of benzene rings is 2. The molecular formula is C23H19F2N3O2S2. The van der Waals surface area contributed by atoms with Gasteiger partial charge in [0.25, 0.3) is 5.56 Å². The summed E-state index contributed by atoms with van der Waals surface area (Å²) in [6, 6.07) is 11.6. The largest absolute Gasteiger partial charge is 0.349 e. The number of nitrogens with zero attached hydrogens (tertiary/aromatic N) is 1. The van der Waals surface area contributed by atoms with Crippen molar-refractivity contribution in [2.75, 3.05) is 0 Å². The molecule has 2 heterocycles. The van der Waals surface area contributed by atoms with E-state index in [0.29, 0.717) is 20.9 Å². The van der Waals surface area contributed by atoms with Crippen LogP contribution in [-0.2, 0) is 4.79 Å². The van der Waals surface area contributed by atoms with Crippen LogP contribution in [0.25, 0.3) is 21.3 Å². The minimum absolute atomic E-state index is 0.229. The van der Waals surface area contributed by atoms with Crippen LogP contribution < -0.4 is 10.9 Å². The van der Waals surface area contributed by atoms with Crippen LogP contribution in [0, 0.1) is 11.6 Å². The second-order valence-electron chi connectivity index (χ2n) is 7.25. The van der Waals surface area contributed by atoms with E-state index in [1.54, 1.807) is 31.2 Å². The van der Waals surface area contributed by atoms with Gasteiger partial charge in [0.1, 0.15) is 16.5 Å². The minimum Gasteiger partial charge on any atom is -0.349 e. The van der Waals surface area contributed by atoms with Crippen LogP contribution in [0.15, 0.2) is 63.9 Å². The highest BCUT2D eigenvalue weighted by molar-refractivity contribution is 8.00. The maximum Gasteiger partial charge on any atom is 0.260 e. The van der Waals surface area contributed by atoms with Gasteiger partial charge in [-0.25, -0.2) is 13.8 Å². The Kier molecular flexibility index (Phi) is 6.38. The van der Waals surface area contributed by atoms with E-state index in [-0.39, 0.29) is 29.1 Å². The molecule has 2 unspecified atom stereocenters. The fourth-order valence-electron chi connectivity index (χ4n) is 3.21. The lowest BCUT2D eigenvalue weighted by Gasteiger charge is -2.17. The first-order valence-corrected chi connectivity index (χ1v) is 11.6. The fourth-order valence-corrected chi connectivity index (χ4v) is 5.02. The van der Waals surface area contributed by atoms with E-state index in [2.05, 4.69) is 15.3 Å². The third-order valence-electron chi connectivity index (χ3n) is 4.96. The first kappa shape index (κ1) is 22.2. The van der Waals surface area contributed by atoms with Gasteiger partial charge in [-0.3, -0.25) is 9.59 Å². The number of aromatic amines is 1. The summed E-state index contributed by atoms with van der Waals surface area (Å²) in [7, 11) is 0. The number of carbonyl (C=O) groups is 1. The monoisotopic (exact) mass is 471 g/mol. The average Bonchev–Trinajstić information content (AvgIpc) is 3.19.